The van der Waals surface area contributed by atoms with E-state index in [-0.39, 0.29) is 11.8 Å². The van der Waals surface area contributed by atoms with Crippen LogP contribution in [0, 0.1) is 13.8 Å². The van der Waals surface area contributed by atoms with Crippen LogP contribution in [0.4, 0.5) is 0 Å². The van der Waals surface area contributed by atoms with Gasteiger partial charge >= 0.3 is 0 Å². The predicted molar refractivity (Wildman–Crippen MR) is 127 cm³/mol. The van der Waals surface area contributed by atoms with Crippen molar-refractivity contribution in [2.45, 2.75) is 32.6 Å². The molecule has 5 nitrogen and oxygen atoms in total. The van der Waals surface area contributed by atoms with Gasteiger partial charge in [0.25, 0.3) is 0 Å². The Balaban J connectivity index is 1.41. The molecular formula is C27H28N4O. The van der Waals surface area contributed by atoms with Gasteiger partial charge in [0.05, 0.1) is 5.69 Å². The highest BCUT2D eigenvalue weighted by atomic mass is 16.1. The Hall–Kier alpha value is -3.73. The fourth-order valence-corrected chi connectivity index (χ4v) is 4.12. The van der Waals surface area contributed by atoms with Gasteiger partial charge in [-0.1, -0.05) is 66.7 Å². The standard InChI is InChI=1S/C27H28N4O/c1-20-24(21(2)31(30-20)26-15-9-10-17-28-26)16-18-29-27(32)19-25(22-11-5-3-6-12-22)23-13-7-4-8-14-23/h3-15,17,25H,16,18-19H2,1-2H3,(H,29,32). The summed E-state index contributed by atoms with van der Waals surface area (Å²) in [5, 5.41) is 7.76. The second kappa shape index (κ2) is 10.1. The first-order chi connectivity index (χ1) is 15.6. The molecule has 32 heavy (non-hydrogen) atoms. The first-order valence-electron chi connectivity index (χ1n) is 11.0. The topological polar surface area (TPSA) is 59.8 Å². The molecule has 4 aromatic rings. The van der Waals surface area contributed by atoms with Crippen LogP contribution in [0.2, 0.25) is 0 Å². The zero-order valence-electron chi connectivity index (χ0n) is 18.5. The molecule has 0 fully saturated rings. The van der Waals surface area contributed by atoms with E-state index in [1.807, 2.05) is 73.1 Å². The Morgan fingerprint density at radius 3 is 2.12 bits per heavy atom. The van der Waals surface area contributed by atoms with Crippen LogP contribution in [0.3, 0.4) is 0 Å². The smallest absolute Gasteiger partial charge is 0.220 e. The highest BCUT2D eigenvalue weighted by Gasteiger charge is 2.18. The van der Waals surface area contributed by atoms with Gasteiger partial charge in [-0.05, 0) is 49.1 Å². The van der Waals surface area contributed by atoms with Gasteiger partial charge in [0.2, 0.25) is 5.91 Å². The molecule has 5 heteroatoms. The minimum Gasteiger partial charge on any atom is -0.356 e. The summed E-state index contributed by atoms with van der Waals surface area (Å²) in [7, 11) is 0. The maximum Gasteiger partial charge on any atom is 0.220 e. The minimum absolute atomic E-state index is 0.0350. The predicted octanol–water partition coefficient (Wildman–Crippen LogP) is 4.77. The van der Waals surface area contributed by atoms with Crippen LogP contribution in [-0.2, 0) is 11.2 Å². The molecule has 2 heterocycles. The number of hydrogen-bond donors (Lipinski definition) is 1. The van der Waals surface area contributed by atoms with Crippen LogP contribution >= 0.6 is 0 Å². The van der Waals surface area contributed by atoms with Gasteiger partial charge in [-0.25, -0.2) is 9.67 Å². The number of pyridine rings is 1. The van der Waals surface area contributed by atoms with E-state index in [9.17, 15) is 4.79 Å². The second-order valence-electron chi connectivity index (χ2n) is 7.93. The Morgan fingerprint density at radius 2 is 1.53 bits per heavy atom. The first-order valence-corrected chi connectivity index (χ1v) is 11.0. The van der Waals surface area contributed by atoms with Gasteiger partial charge < -0.3 is 5.32 Å². The first kappa shape index (κ1) is 21.5. The van der Waals surface area contributed by atoms with Crippen molar-refractivity contribution in [3.63, 3.8) is 0 Å². The fraction of sp³-hybridized carbons (Fsp3) is 0.222. The van der Waals surface area contributed by atoms with Gasteiger partial charge in [-0.3, -0.25) is 4.79 Å². The summed E-state index contributed by atoms with van der Waals surface area (Å²) in [6.07, 6.45) is 2.92. The quantitative estimate of drug-likeness (QED) is 0.443. The average molecular weight is 425 g/mol. The van der Waals surface area contributed by atoms with Crippen molar-refractivity contribution in [3.8, 4) is 5.82 Å². The third kappa shape index (κ3) is 4.94. The molecule has 2 aromatic carbocycles. The molecule has 0 aliphatic heterocycles. The molecule has 0 bridgehead atoms. The number of aromatic nitrogens is 3. The molecule has 162 valence electrons. The summed E-state index contributed by atoms with van der Waals surface area (Å²) in [5.74, 6) is 0.889. The zero-order chi connectivity index (χ0) is 22.3. The van der Waals surface area contributed by atoms with Crippen molar-refractivity contribution < 1.29 is 4.79 Å². The third-order valence-electron chi connectivity index (χ3n) is 5.80. The summed E-state index contributed by atoms with van der Waals surface area (Å²) in [4.78, 5) is 17.2. The summed E-state index contributed by atoms with van der Waals surface area (Å²) in [6.45, 7) is 4.63. The maximum absolute atomic E-state index is 12.8. The van der Waals surface area contributed by atoms with E-state index in [1.54, 1.807) is 6.20 Å². The lowest BCUT2D eigenvalue weighted by Gasteiger charge is -2.18. The van der Waals surface area contributed by atoms with E-state index in [2.05, 4.69) is 39.7 Å². The zero-order valence-corrected chi connectivity index (χ0v) is 18.5. The van der Waals surface area contributed by atoms with E-state index >= 15 is 0 Å². The van der Waals surface area contributed by atoms with Crippen molar-refractivity contribution in [2.24, 2.45) is 0 Å². The monoisotopic (exact) mass is 424 g/mol. The van der Waals surface area contributed by atoms with E-state index in [0.29, 0.717) is 13.0 Å². The van der Waals surface area contributed by atoms with Crippen LogP contribution in [0.5, 0.6) is 0 Å². The molecule has 0 saturated carbocycles. The summed E-state index contributed by atoms with van der Waals surface area (Å²) < 4.78 is 1.87. The molecule has 4 rings (SSSR count). The average Bonchev–Trinajstić information content (AvgIpc) is 3.12. The Kier molecular flexibility index (Phi) is 6.75. The Bertz CT molecular complexity index is 1120. The second-order valence-corrected chi connectivity index (χ2v) is 7.93. The summed E-state index contributed by atoms with van der Waals surface area (Å²) in [6, 6.07) is 26.2. The molecular weight excluding hydrogens is 396 g/mol. The number of rotatable bonds is 8. The molecule has 1 amide bonds. The van der Waals surface area contributed by atoms with Crippen molar-refractivity contribution in [3.05, 3.63) is 113 Å². The van der Waals surface area contributed by atoms with Crippen LogP contribution in [-0.4, -0.2) is 27.2 Å². The van der Waals surface area contributed by atoms with E-state index in [4.69, 9.17) is 0 Å². The normalized spacial score (nSPS) is 11.0. The number of carbonyl (C=O) groups excluding carboxylic acids is 1. The molecule has 1 N–H and O–H groups in total. The molecule has 0 atom stereocenters. The lowest BCUT2D eigenvalue weighted by atomic mass is 9.88. The molecule has 0 aliphatic carbocycles. The molecule has 0 spiro atoms. The van der Waals surface area contributed by atoms with Crippen molar-refractivity contribution in [2.75, 3.05) is 6.54 Å². The SMILES string of the molecule is Cc1nn(-c2ccccn2)c(C)c1CCNC(=O)CC(c1ccccc1)c1ccccc1. The number of amides is 1. The summed E-state index contributed by atoms with van der Waals surface area (Å²) >= 11 is 0. The highest BCUT2D eigenvalue weighted by Crippen LogP contribution is 2.27. The number of carbonyl (C=O) groups is 1. The van der Waals surface area contributed by atoms with Gasteiger partial charge in [-0.2, -0.15) is 5.10 Å². The minimum atomic E-state index is 0.0350. The van der Waals surface area contributed by atoms with Gasteiger partial charge in [0.15, 0.2) is 5.82 Å². The van der Waals surface area contributed by atoms with Gasteiger partial charge in [0, 0.05) is 30.8 Å². The van der Waals surface area contributed by atoms with E-state index in [1.165, 1.54) is 0 Å². The van der Waals surface area contributed by atoms with Crippen molar-refractivity contribution >= 4 is 5.91 Å². The number of nitrogens with one attached hydrogen (secondary N) is 1. The lowest BCUT2D eigenvalue weighted by molar-refractivity contribution is -0.121. The largest absolute Gasteiger partial charge is 0.356 e. The third-order valence-corrected chi connectivity index (χ3v) is 5.80. The van der Waals surface area contributed by atoms with Crippen LogP contribution in [0.25, 0.3) is 5.82 Å². The van der Waals surface area contributed by atoms with E-state index < -0.39 is 0 Å². The molecule has 0 aliphatic rings. The highest BCUT2D eigenvalue weighted by molar-refractivity contribution is 5.77. The number of hydrogen-bond acceptors (Lipinski definition) is 3. The molecule has 0 radical (unpaired) electrons. The van der Waals surface area contributed by atoms with E-state index in [0.717, 1.165) is 40.3 Å². The fourth-order valence-electron chi connectivity index (χ4n) is 4.12. The number of benzene rings is 2. The van der Waals surface area contributed by atoms with Crippen molar-refractivity contribution in [1.29, 1.82) is 0 Å². The number of aryl methyl sites for hydroxylation is 1. The lowest BCUT2D eigenvalue weighted by Crippen LogP contribution is -2.27. The molecule has 0 saturated heterocycles. The maximum atomic E-state index is 12.8. The van der Waals surface area contributed by atoms with Gasteiger partial charge in [-0.15, -0.1) is 0 Å². The van der Waals surface area contributed by atoms with Crippen LogP contribution in [0.15, 0.2) is 85.1 Å². The number of nitrogens with zero attached hydrogens (tertiary/aromatic N) is 3. The van der Waals surface area contributed by atoms with Gasteiger partial charge in [0.1, 0.15) is 0 Å². The summed E-state index contributed by atoms with van der Waals surface area (Å²) in [5.41, 5.74) is 5.48. The van der Waals surface area contributed by atoms with Crippen LogP contribution < -0.4 is 5.32 Å². The van der Waals surface area contributed by atoms with Crippen molar-refractivity contribution in [1.82, 2.24) is 20.1 Å². The van der Waals surface area contributed by atoms with Crippen LogP contribution in [0.1, 0.15) is 40.4 Å². The Morgan fingerprint density at radius 1 is 0.906 bits per heavy atom. The molecule has 0 unspecified atom stereocenters. The molecule has 2 aromatic heterocycles. The Labute approximate surface area is 189 Å².